The number of aromatic amines is 1. The number of aromatic nitrogens is 2. The number of H-pyrrole nitrogens is 1. The number of carbonyl (C=O) groups excluding carboxylic acids is 1. The van der Waals surface area contributed by atoms with Gasteiger partial charge in [-0.3, -0.25) is 14.6 Å². The number of amides is 1. The highest BCUT2D eigenvalue weighted by atomic mass is 19.4. The van der Waals surface area contributed by atoms with Crippen molar-refractivity contribution in [2.24, 2.45) is 0 Å². The molecule has 49 heavy (non-hydrogen) atoms. The largest absolute Gasteiger partial charge is 0.497 e. The zero-order valence-corrected chi connectivity index (χ0v) is 27.3. The summed E-state index contributed by atoms with van der Waals surface area (Å²) in [5.74, 6) is 1.34. The van der Waals surface area contributed by atoms with Crippen LogP contribution in [-0.4, -0.2) is 61.2 Å². The van der Waals surface area contributed by atoms with Crippen molar-refractivity contribution in [3.63, 3.8) is 0 Å². The van der Waals surface area contributed by atoms with Gasteiger partial charge in [0.2, 0.25) is 5.95 Å². The molecule has 1 fully saturated rings. The fraction of sp³-hybridized carbons (Fsp3) is 0.216. The molecule has 0 saturated carbocycles. The molecule has 6 rings (SSSR count). The molecule has 9 nitrogen and oxygen atoms in total. The molecule has 1 aliphatic heterocycles. The summed E-state index contributed by atoms with van der Waals surface area (Å²) >= 11 is 0. The van der Waals surface area contributed by atoms with Gasteiger partial charge >= 0.3 is 6.18 Å². The second kappa shape index (κ2) is 15.4. The molecule has 0 bridgehead atoms. The topological polar surface area (TPSA) is 99.8 Å². The van der Waals surface area contributed by atoms with E-state index in [1.54, 1.807) is 56.7 Å². The van der Waals surface area contributed by atoms with Gasteiger partial charge in [-0.05, 0) is 48.9 Å². The molecule has 2 heterocycles. The van der Waals surface area contributed by atoms with Crippen LogP contribution in [0.4, 0.5) is 30.5 Å². The van der Waals surface area contributed by atoms with E-state index in [9.17, 15) is 22.8 Å². The molecule has 5 aromatic rings. The lowest BCUT2D eigenvalue weighted by molar-refractivity contribution is -0.137. The van der Waals surface area contributed by atoms with Gasteiger partial charge < -0.3 is 24.6 Å². The highest BCUT2D eigenvalue weighted by Crippen LogP contribution is 2.31. The normalized spacial score (nSPS) is 12.9. The summed E-state index contributed by atoms with van der Waals surface area (Å²) in [6.07, 6.45) is -4.44. The van der Waals surface area contributed by atoms with E-state index < -0.39 is 17.3 Å². The first-order valence-corrected chi connectivity index (χ1v) is 15.5. The summed E-state index contributed by atoms with van der Waals surface area (Å²) in [6, 6.07) is 28.7. The van der Waals surface area contributed by atoms with Crippen LogP contribution in [0.2, 0.25) is 0 Å². The van der Waals surface area contributed by atoms with Crippen molar-refractivity contribution >= 4 is 23.2 Å². The number of ether oxygens (including phenoxy) is 2. The average molecular weight is 672 g/mol. The SMILES string of the molecule is COc1cc(OC)cc(C(=O)N2CCN(c3ccccc3C)CC2)c1.O=c1cc(-c2ccccc2)nc(Nc2cccc(C(F)(F)F)c2)[nH]1. The fourth-order valence-corrected chi connectivity index (χ4v) is 5.37. The van der Waals surface area contributed by atoms with Crippen LogP contribution in [0.3, 0.4) is 0 Å². The van der Waals surface area contributed by atoms with Crippen molar-refractivity contribution in [3.8, 4) is 22.8 Å². The maximum atomic E-state index is 12.8. The van der Waals surface area contributed by atoms with Gasteiger partial charge in [-0.2, -0.15) is 13.2 Å². The Hall–Kier alpha value is -5.78. The Balaban J connectivity index is 0.000000191. The molecule has 2 N–H and O–H groups in total. The highest BCUT2D eigenvalue weighted by Gasteiger charge is 2.30. The zero-order valence-electron chi connectivity index (χ0n) is 27.3. The molecule has 1 aliphatic rings. The number of hydrogen-bond acceptors (Lipinski definition) is 7. The number of aryl methyl sites for hydroxylation is 1. The Labute approximate surface area is 281 Å². The van der Waals surface area contributed by atoms with Crippen molar-refractivity contribution in [2.75, 3.05) is 50.6 Å². The molecule has 0 atom stereocenters. The third-order valence-corrected chi connectivity index (χ3v) is 7.89. The van der Waals surface area contributed by atoms with Gasteiger partial charge in [0, 0.05) is 60.8 Å². The zero-order chi connectivity index (χ0) is 35.0. The Morgan fingerprint density at radius 2 is 1.47 bits per heavy atom. The standard InChI is InChI=1S/C20H24N2O3.C17H12F3N3O/c1-15-6-4-5-7-19(15)21-8-10-22(11-9-21)20(23)16-12-17(24-2)14-18(13-16)25-3;18-17(19,20)12-7-4-8-13(9-12)21-16-22-14(10-15(24)23-16)11-5-2-1-3-6-11/h4-7,12-14H,8-11H2,1-3H3;1-10H,(H2,21,22,23,24). The van der Waals surface area contributed by atoms with Crippen LogP contribution < -0.4 is 25.2 Å². The number of carbonyl (C=O) groups is 1. The molecular formula is C37H36F3N5O4. The Kier molecular flexibility index (Phi) is 10.9. The predicted octanol–water partition coefficient (Wildman–Crippen LogP) is 7.17. The third-order valence-electron chi connectivity index (χ3n) is 7.89. The van der Waals surface area contributed by atoms with E-state index in [0.717, 1.165) is 30.8 Å². The lowest BCUT2D eigenvalue weighted by Crippen LogP contribution is -2.49. The summed E-state index contributed by atoms with van der Waals surface area (Å²) in [5.41, 5.74) is 3.26. The molecule has 0 radical (unpaired) electrons. The van der Waals surface area contributed by atoms with E-state index in [4.69, 9.17) is 9.47 Å². The van der Waals surface area contributed by atoms with Gasteiger partial charge in [-0.1, -0.05) is 54.6 Å². The first kappa shape index (κ1) is 34.6. The molecule has 1 aromatic heterocycles. The number of alkyl halides is 3. The van der Waals surface area contributed by atoms with Crippen LogP contribution in [-0.2, 0) is 6.18 Å². The van der Waals surface area contributed by atoms with Crippen molar-refractivity contribution in [3.05, 3.63) is 130 Å². The lowest BCUT2D eigenvalue weighted by atomic mass is 10.1. The quantitative estimate of drug-likeness (QED) is 0.189. The Bertz CT molecular complexity index is 1920. The van der Waals surface area contributed by atoms with Gasteiger partial charge in [0.05, 0.1) is 25.5 Å². The second-order valence-corrected chi connectivity index (χ2v) is 11.2. The Morgan fingerprint density at radius 3 is 2.10 bits per heavy atom. The van der Waals surface area contributed by atoms with E-state index in [1.165, 1.54) is 29.4 Å². The van der Waals surface area contributed by atoms with Crippen molar-refractivity contribution in [1.29, 1.82) is 0 Å². The number of methoxy groups -OCH3 is 2. The van der Waals surface area contributed by atoms with Crippen LogP contribution in [0.5, 0.6) is 11.5 Å². The Morgan fingerprint density at radius 1 is 0.816 bits per heavy atom. The average Bonchev–Trinajstić information content (AvgIpc) is 3.11. The van der Waals surface area contributed by atoms with Crippen LogP contribution in [0.25, 0.3) is 11.3 Å². The van der Waals surface area contributed by atoms with Crippen LogP contribution >= 0.6 is 0 Å². The number of para-hydroxylation sites is 1. The molecule has 0 aliphatic carbocycles. The summed E-state index contributed by atoms with van der Waals surface area (Å²) in [6.45, 7) is 5.18. The summed E-state index contributed by atoms with van der Waals surface area (Å²) in [7, 11) is 3.17. The number of piperazine rings is 1. The number of hydrogen-bond donors (Lipinski definition) is 2. The van der Waals surface area contributed by atoms with Gasteiger partial charge in [-0.25, -0.2) is 4.98 Å². The number of benzene rings is 4. The van der Waals surface area contributed by atoms with Gasteiger partial charge in [-0.15, -0.1) is 0 Å². The molecular weight excluding hydrogens is 635 g/mol. The van der Waals surface area contributed by atoms with Crippen molar-refractivity contribution in [1.82, 2.24) is 14.9 Å². The van der Waals surface area contributed by atoms with Crippen molar-refractivity contribution in [2.45, 2.75) is 13.1 Å². The van der Waals surface area contributed by atoms with Gasteiger partial charge in [0.25, 0.3) is 11.5 Å². The number of anilines is 3. The van der Waals surface area contributed by atoms with Crippen LogP contribution in [0.1, 0.15) is 21.5 Å². The first-order valence-electron chi connectivity index (χ1n) is 15.5. The maximum absolute atomic E-state index is 12.8. The van der Waals surface area contributed by atoms with Gasteiger partial charge in [0.15, 0.2) is 0 Å². The van der Waals surface area contributed by atoms with Gasteiger partial charge in [0.1, 0.15) is 11.5 Å². The van der Waals surface area contributed by atoms with Crippen molar-refractivity contribution < 1.29 is 27.4 Å². The van der Waals surface area contributed by atoms with Crippen LogP contribution in [0, 0.1) is 6.92 Å². The van der Waals surface area contributed by atoms with E-state index in [-0.39, 0.29) is 17.5 Å². The first-order chi connectivity index (χ1) is 23.5. The van der Waals surface area contributed by atoms with E-state index >= 15 is 0 Å². The second-order valence-electron chi connectivity index (χ2n) is 11.2. The summed E-state index contributed by atoms with van der Waals surface area (Å²) < 4.78 is 48.8. The third kappa shape index (κ3) is 8.98. The molecule has 0 spiro atoms. The number of rotatable bonds is 7. The number of halogens is 3. The summed E-state index contributed by atoms with van der Waals surface area (Å²) in [5, 5.41) is 2.70. The number of nitrogens with one attached hydrogen (secondary N) is 2. The molecule has 12 heteroatoms. The molecule has 1 saturated heterocycles. The minimum atomic E-state index is -4.44. The minimum absolute atomic E-state index is 0.0154. The van der Waals surface area contributed by atoms with E-state index in [2.05, 4.69) is 51.4 Å². The summed E-state index contributed by atoms with van der Waals surface area (Å²) in [4.78, 5) is 35.6. The van der Waals surface area contributed by atoms with Crippen LogP contribution in [0.15, 0.2) is 108 Å². The smallest absolute Gasteiger partial charge is 0.416 e. The molecule has 4 aromatic carbocycles. The fourth-order valence-electron chi connectivity index (χ4n) is 5.37. The maximum Gasteiger partial charge on any atom is 0.416 e. The predicted molar refractivity (Wildman–Crippen MR) is 184 cm³/mol. The molecule has 254 valence electrons. The minimum Gasteiger partial charge on any atom is -0.497 e. The van der Waals surface area contributed by atoms with E-state index in [1.807, 2.05) is 11.0 Å². The monoisotopic (exact) mass is 671 g/mol. The number of nitrogens with zero attached hydrogens (tertiary/aromatic N) is 3. The molecule has 0 unspecified atom stereocenters. The lowest BCUT2D eigenvalue weighted by Gasteiger charge is -2.36. The van der Waals surface area contributed by atoms with E-state index in [0.29, 0.717) is 35.8 Å². The molecule has 1 amide bonds. The highest BCUT2D eigenvalue weighted by molar-refractivity contribution is 5.95.